The van der Waals surface area contributed by atoms with Crippen molar-refractivity contribution < 1.29 is 28.6 Å². The Labute approximate surface area is 387 Å². The van der Waals surface area contributed by atoms with Gasteiger partial charge in [-0.15, -0.1) is 0 Å². The van der Waals surface area contributed by atoms with Crippen LogP contribution in [0.3, 0.4) is 0 Å². The van der Waals surface area contributed by atoms with Crippen LogP contribution >= 0.6 is 0 Å². The lowest BCUT2D eigenvalue weighted by atomic mass is 10.0. The van der Waals surface area contributed by atoms with Crippen LogP contribution in [0.2, 0.25) is 0 Å². The minimum Gasteiger partial charge on any atom is -0.462 e. The van der Waals surface area contributed by atoms with E-state index in [1.165, 1.54) is 193 Å². The molecule has 0 unspecified atom stereocenters. The van der Waals surface area contributed by atoms with E-state index in [1.807, 2.05) is 0 Å². The van der Waals surface area contributed by atoms with E-state index in [0.29, 0.717) is 19.3 Å². The van der Waals surface area contributed by atoms with Crippen molar-refractivity contribution in [3.05, 3.63) is 0 Å². The highest BCUT2D eigenvalue weighted by Crippen LogP contribution is 2.18. The fourth-order valence-corrected chi connectivity index (χ4v) is 8.52. The number of hydrogen-bond acceptors (Lipinski definition) is 6. The minimum absolute atomic E-state index is 0.0645. The Kier molecular flexibility index (Phi) is 47.6. The first-order valence-electron chi connectivity index (χ1n) is 27.7. The Bertz CT molecular complexity index is 947. The smallest absolute Gasteiger partial charge is 0.306 e. The van der Waals surface area contributed by atoms with Crippen molar-refractivity contribution in [1.29, 1.82) is 0 Å². The van der Waals surface area contributed by atoms with E-state index < -0.39 is 6.10 Å². The van der Waals surface area contributed by atoms with Crippen LogP contribution in [-0.2, 0) is 28.6 Å². The van der Waals surface area contributed by atoms with E-state index in [-0.39, 0.29) is 31.1 Å². The summed E-state index contributed by atoms with van der Waals surface area (Å²) in [7, 11) is 0. The molecule has 0 saturated carbocycles. The first-order valence-corrected chi connectivity index (χ1v) is 27.7. The summed E-state index contributed by atoms with van der Waals surface area (Å²) >= 11 is 0. The Balaban J connectivity index is 4.00. The Morgan fingerprint density at radius 2 is 0.532 bits per heavy atom. The van der Waals surface area contributed by atoms with Gasteiger partial charge in [-0.2, -0.15) is 0 Å². The van der Waals surface area contributed by atoms with Gasteiger partial charge in [-0.25, -0.2) is 0 Å². The number of hydrogen-bond donors (Lipinski definition) is 0. The van der Waals surface area contributed by atoms with Crippen LogP contribution in [0.25, 0.3) is 0 Å². The summed E-state index contributed by atoms with van der Waals surface area (Å²) in [5, 5.41) is 0. The molecule has 6 heteroatoms. The number of unbranched alkanes of at least 4 members (excludes halogenated alkanes) is 35. The molecule has 0 spiro atoms. The summed E-state index contributed by atoms with van der Waals surface area (Å²) in [4.78, 5) is 37.7. The molecule has 6 nitrogen and oxygen atoms in total. The highest BCUT2D eigenvalue weighted by Gasteiger charge is 2.19. The van der Waals surface area contributed by atoms with Crippen LogP contribution in [0.1, 0.15) is 311 Å². The molecule has 0 amide bonds. The number of ether oxygens (including phenoxy) is 3. The van der Waals surface area contributed by atoms with Crippen LogP contribution in [0, 0.1) is 11.8 Å². The van der Waals surface area contributed by atoms with Crippen LogP contribution in [0.15, 0.2) is 0 Å². The van der Waals surface area contributed by atoms with Crippen molar-refractivity contribution in [3.63, 3.8) is 0 Å². The summed E-state index contributed by atoms with van der Waals surface area (Å²) in [6, 6.07) is 0. The van der Waals surface area contributed by atoms with Gasteiger partial charge >= 0.3 is 17.9 Å². The molecule has 0 heterocycles. The molecule has 0 N–H and O–H groups in total. The van der Waals surface area contributed by atoms with Gasteiger partial charge in [0.05, 0.1) is 0 Å². The first-order chi connectivity index (χ1) is 30.2. The third-order valence-corrected chi connectivity index (χ3v) is 12.7. The molecule has 0 aromatic carbocycles. The van der Waals surface area contributed by atoms with E-state index in [2.05, 4.69) is 34.6 Å². The van der Waals surface area contributed by atoms with Gasteiger partial charge in [0.25, 0.3) is 0 Å². The van der Waals surface area contributed by atoms with E-state index >= 15 is 0 Å². The van der Waals surface area contributed by atoms with Gasteiger partial charge in [0, 0.05) is 19.3 Å². The summed E-state index contributed by atoms with van der Waals surface area (Å²) < 4.78 is 16.7. The standard InChI is InChI=1S/C56H108O6/c1-6-7-8-34-43-48-56(59)62-53(50-61-55(58)47-42-38-33-29-25-21-17-13-15-19-23-27-31-36-40-45-52(4)5)49-60-54(57)46-41-37-32-28-24-20-16-12-10-9-11-14-18-22-26-30-35-39-44-51(2)3/h51-53H,6-50H2,1-5H3/t53-/m1/s1. The molecule has 1 atom stereocenters. The van der Waals surface area contributed by atoms with Gasteiger partial charge in [-0.1, -0.05) is 272 Å². The predicted octanol–water partition coefficient (Wildman–Crippen LogP) is 18.1. The van der Waals surface area contributed by atoms with Crippen molar-refractivity contribution in [2.45, 2.75) is 317 Å². The third kappa shape index (κ3) is 49.4. The van der Waals surface area contributed by atoms with Crippen molar-refractivity contribution in [2.24, 2.45) is 11.8 Å². The molecule has 0 fully saturated rings. The minimum atomic E-state index is -0.760. The lowest BCUT2D eigenvalue weighted by Gasteiger charge is -2.18. The molecular weight excluding hydrogens is 769 g/mol. The lowest BCUT2D eigenvalue weighted by molar-refractivity contribution is -0.167. The second-order valence-corrected chi connectivity index (χ2v) is 20.2. The fraction of sp³-hybridized carbons (Fsp3) is 0.946. The van der Waals surface area contributed by atoms with Crippen LogP contribution in [0.5, 0.6) is 0 Å². The zero-order valence-electron chi connectivity index (χ0n) is 42.5. The molecule has 0 aliphatic rings. The summed E-state index contributed by atoms with van der Waals surface area (Å²) in [5.41, 5.74) is 0. The van der Waals surface area contributed by atoms with Crippen LogP contribution < -0.4 is 0 Å². The average Bonchev–Trinajstić information content (AvgIpc) is 3.24. The second kappa shape index (κ2) is 48.9. The van der Waals surface area contributed by atoms with Gasteiger partial charge in [0.15, 0.2) is 6.10 Å². The van der Waals surface area contributed by atoms with E-state index in [1.54, 1.807) is 0 Å². The topological polar surface area (TPSA) is 78.9 Å². The van der Waals surface area contributed by atoms with Gasteiger partial charge < -0.3 is 14.2 Å². The van der Waals surface area contributed by atoms with Crippen molar-refractivity contribution in [1.82, 2.24) is 0 Å². The summed E-state index contributed by atoms with van der Waals surface area (Å²) in [5.74, 6) is 0.850. The highest BCUT2D eigenvalue weighted by atomic mass is 16.6. The molecule has 0 aliphatic carbocycles. The SMILES string of the molecule is CCCCCCCC(=O)O[C@H](COC(=O)CCCCCCCCCCCCCCCCCCCCC(C)C)COC(=O)CCCCCCCCCCCCCCCCCC(C)C. The average molecular weight is 877 g/mol. The normalized spacial score (nSPS) is 12.0. The van der Waals surface area contributed by atoms with Gasteiger partial charge in [-0.05, 0) is 31.1 Å². The third-order valence-electron chi connectivity index (χ3n) is 12.7. The number of rotatable bonds is 50. The zero-order chi connectivity index (χ0) is 45.4. The molecule has 0 aromatic rings. The van der Waals surface area contributed by atoms with Crippen molar-refractivity contribution in [2.75, 3.05) is 13.2 Å². The fourth-order valence-electron chi connectivity index (χ4n) is 8.52. The van der Waals surface area contributed by atoms with Crippen LogP contribution in [-0.4, -0.2) is 37.2 Å². The van der Waals surface area contributed by atoms with Gasteiger partial charge in [0.1, 0.15) is 13.2 Å². The predicted molar refractivity (Wildman–Crippen MR) is 266 cm³/mol. The number of carbonyl (C=O) groups is 3. The maximum atomic E-state index is 12.6. The molecule has 0 saturated heterocycles. The zero-order valence-corrected chi connectivity index (χ0v) is 42.5. The molecule has 0 radical (unpaired) electrons. The van der Waals surface area contributed by atoms with Crippen molar-refractivity contribution >= 4 is 17.9 Å². The van der Waals surface area contributed by atoms with Crippen LogP contribution in [0.4, 0.5) is 0 Å². The lowest BCUT2D eigenvalue weighted by Crippen LogP contribution is -2.30. The quantitative estimate of drug-likeness (QED) is 0.0344. The summed E-state index contributed by atoms with van der Waals surface area (Å²) in [6.07, 6.45) is 51.4. The Morgan fingerprint density at radius 3 is 0.790 bits per heavy atom. The second-order valence-electron chi connectivity index (χ2n) is 20.2. The van der Waals surface area contributed by atoms with Gasteiger partial charge in [-0.3, -0.25) is 14.4 Å². The maximum absolute atomic E-state index is 12.6. The molecule has 0 aliphatic heterocycles. The molecule has 0 rings (SSSR count). The highest BCUT2D eigenvalue weighted by molar-refractivity contribution is 5.71. The molecular formula is C56H108O6. The van der Waals surface area contributed by atoms with Gasteiger partial charge in [0.2, 0.25) is 0 Å². The summed E-state index contributed by atoms with van der Waals surface area (Å²) in [6.45, 7) is 11.3. The van der Waals surface area contributed by atoms with Crippen molar-refractivity contribution in [3.8, 4) is 0 Å². The van der Waals surface area contributed by atoms with E-state index in [9.17, 15) is 14.4 Å². The number of carbonyl (C=O) groups excluding carboxylic acids is 3. The monoisotopic (exact) mass is 877 g/mol. The molecule has 62 heavy (non-hydrogen) atoms. The molecule has 0 aromatic heterocycles. The molecule has 0 bridgehead atoms. The Morgan fingerprint density at radius 1 is 0.306 bits per heavy atom. The molecule has 368 valence electrons. The first kappa shape index (κ1) is 60.4. The number of esters is 3. The van der Waals surface area contributed by atoms with E-state index in [4.69, 9.17) is 14.2 Å². The Hall–Kier alpha value is -1.59. The largest absolute Gasteiger partial charge is 0.462 e. The maximum Gasteiger partial charge on any atom is 0.306 e. The van der Waals surface area contributed by atoms with E-state index in [0.717, 1.165) is 76.0 Å².